The van der Waals surface area contributed by atoms with Crippen molar-refractivity contribution < 1.29 is 0 Å². The molecule has 1 aliphatic rings. The van der Waals surface area contributed by atoms with Gasteiger partial charge in [0.1, 0.15) is 0 Å². The molecule has 1 atom stereocenters. The van der Waals surface area contributed by atoms with Crippen LogP contribution in [-0.2, 0) is 0 Å². The molecule has 1 N–H and O–H groups in total. The van der Waals surface area contributed by atoms with Crippen LogP contribution >= 0.6 is 36.2 Å². The molecule has 0 radical (unpaired) electrons. The highest BCUT2D eigenvalue weighted by atomic mass is 35.5. The van der Waals surface area contributed by atoms with Crippen molar-refractivity contribution in [3.8, 4) is 0 Å². The van der Waals surface area contributed by atoms with E-state index in [2.05, 4.69) is 71.1 Å². The lowest BCUT2D eigenvalue weighted by Gasteiger charge is -2.35. The van der Waals surface area contributed by atoms with Crippen LogP contribution in [0, 0.1) is 6.92 Å². The molecule has 1 fully saturated rings. The van der Waals surface area contributed by atoms with Crippen LogP contribution in [0.1, 0.15) is 22.0 Å². The predicted molar refractivity (Wildman–Crippen MR) is 114 cm³/mol. The highest BCUT2D eigenvalue weighted by molar-refractivity contribution is 7.10. The summed E-state index contributed by atoms with van der Waals surface area (Å²) in [6, 6.07) is 18.3. The number of hydrogen-bond acceptors (Lipinski definition) is 3. The van der Waals surface area contributed by atoms with Crippen LogP contribution in [0.15, 0.2) is 53.9 Å². The van der Waals surface area contributed by atoms with Crippen LogP contribution in [0.3, 0.4) is 0 Å². The Morgan fingerprint density at radius 1 is 0.920 bits per heavy atom. The first-order chi connectivity index (χ1) is 11.3. The van der Waals surface area contributed by atoms with Crippen LogP contribution in [0.25, 0.3) is 10.8 Å². The summed E-state index contributed by atoms with van der Waals surface area (Å²) in [5.41, 5.74) is 2.80. The van der Waals surface area contributed by atoms with Gasteiger partial charge in [-0.05, 0) is 40.3 Å². The molecule has 1 aliphatic heterocycles. The third kappa shape index (κ3) is 4.02. The van der Waals surface area contributed by atoms with Crippen LogP contribution in [-0.4, -0.2) is 31.1 Å². The Bertz CT molecular complexity index is 799. The van der Waals surface area contributed by atoms with E-state index < -0.39 is 0 Å². The van der Waals surface area contributed by atoms with E-state index in [4.69, 9.17) is 0 Å². The molecule has 1 aromatic heterocycles. The maximum Gasteiger partial charge on any atom is 0.0702 e. The fraction of sp³-hybridized carbons (Fsp3) is 0.300. The Morgan fingerprint density at radius 3 is 2.32 bits per heavy atom. The molecule has 4 rings (SSSR count). The van der Waals surface area contributed by atoms with Crippen molar-refractivity contribution in [3.05, 3.63) is 69.9 Å². The maximum atomic E-state index is 3.47. The van der Waals surface area contributed by atoms with Gasteiger partial charge in [-0.15, -0.1) is 36.2 Å². The van der Waals surface area contributed by atoms with E-state index in [1.54, 1.807) is 0 Å². The van der Waals surface area contributed by atoms with E-state index in [0.717, 1.165) is 26.2 Å². The summed E-state index contributed by atoms with van der Waals surface area (Å²) < 4.78 is 0. The molecule has 0 spiro atoms. The monoisotopic (exact) mass is 394 g/mol. The number of aryl methyl sites for hydroxylation is 1. The minimum Gasteiger partial charge on any atom is -0.314 e. The maximum absolute atomic E-state index is 3.47. The summed E-state index contributed by atoms with van der Waals surface area (Å²) in [6.45, 7) is 6.56. The predicted octanol–water partition coefficient (Wildman–Crippen LogP) is 5.05. The summed E-state index contributed by atoms with van der Waals surface area (Å²) in [4.78, 5) is 4.07. The molecule has 2 nitrogen and oxygen atoms in total. The van der Waals surface area contributed by atoms with Crippen LogP contribution in [0.4, 0.5) is 0 Å². The van der Waals surface area contributed by atoms with Crippen molar-refractivity contribution in [1.82, 2.24) is 10.2 Å². The molecule has 0 amide bonds. The standard InChI is InChI=1S/C20H22N2S.2ClH/c1-15-8-9-18(17-6-3-2-5-16(15)17)20(19-7-4-14-23-19)22-12-10-21-11-13-22;;/h2-9,14,20-21H,10-13H2,1H3;2*1H/t20-;;/m1../s1. The number of fused-ring (bicyclic) bond motifs is 1. The van der Waals surface area contributed by atoms with Crippen LogP contribution in [0.5, 0.6) is 0 Å². The minimum atomic E-state index is 0. The lowest BCUT2D eigenvalue weighted by Crippen LogP contribution is -2.45. The van der Waals surface area contributed by atoms with Gasteiger partial charge in [-0.1, -0.05) is 42.5 Å². The molecule has 2 aromatic carbocycles. The average Bonchev–Trinajstić information content (AvgIpc) is 3.13. The Kier molecular flexibility index (Phi) is 7.29. The van der Waals surface area contributed by atoms with Gasteiger partial charge < -0.3 is 5.32 Å². The zero-order valence-electron chi connectivity index (χ0n) is 14.3. The second kappa shape index (κ2) is 9.02. The van der Waals surface area contributed by atoms with Gasteiger partial charge in [0.15, 0.2) is 0 Å². The normalized spacial score (nSPS) is 16.0. The zero-order chi connectivity index (χ0) is 15.6. The van der Waals surface area contributed by atoms with Gasteiger partial charge in [0.05, 0.1) is 6.04 Å². The molecule has 0 saturated carbocycles. The van der Waals surface area contributed by atoms with Gasteiger partial charge in [0.2, 0.25) is 0 Å². The van der Waals surface area contributed by atoms with Crippen molar-refractivity contribution in [2.45, 2.75) is 13.0 Å². The highest BCUT2D eigenvalue weighted by Gasteiger charge is 2.26. The smallest absolute Gasteiger partial charge is 0.0702 e. The average molecular weight is 395 g/mol. The lowest BCUT2D eigenvalue weighted by atomic mass is 9.94. The number of rotatable bonds is 3. The minimum absolute atomic E-state index is 0. The fourth-order valence-corrected chi connectivity index (χ4v) is 4.50. The molecule has 2 heterocycles. The summed E-state index contributed by atoms with van der Waals surface area (Å²) in [5, 5.41) is 8.44. The first kappa shape index (κ1) is 20.2. The summed E-state index contributed by atoms with van der Waals surface area (Å²) in [6.07, 6.45) is 0. The Balaban J connectivity index is 0.00000113. The number of thiophene rings is 1. The van der Waals surface area contributed by atoms with Gasteiger partial charge >= 0.3 is 0 Å². The number of piperazine rings is 1. The number of benzene rings is 2. The molecule has 0 unspecified atom stereocenters. The second-order valence-electron chi connectivity index (χ2n) is 6.22. The van der Waals surface area contributed by atoms with E-state index in [0.29, 0.717) is 6.04 Å². The van der Waals surface area contributed by atoms with Crippen LogP contribution in [0.2, 0.25) is 0 Å². The summed E-state index contributed by atoms with van der Waals surface area (Å²) in [7, 11) is 0. The second-order valence-corrected chi connectivity index (χ2v) is 7.20. The van der Waals surface area contributed by atoms with Crippen molar-refractivity contribution in [2.24, 2.45) is 0 Å². The van der Waals surface area contributed by atoms with E-state index in [1.807, 2.05) is 11.3 Å². The molecule has 1 saturated heterocycles. The third-order valence-corrected chi connectivity index (χ3v) is 5.72. The number of halogens is 2. The molecule has 0 bridgehead atoms. The Labute approximate surface area is 166 Å². The first-order valence-electron chi connectivity index (χ1n) is 8.31. The fourth-order valence-electron chi connectivity index (χ4n) is 3.63. The molecular formula is C20H24Cl2N2S. The van der Waals surface area contributed by atoms with Gasteiger partial charge in [0.25, 0.3) is 0 Å². The van der Waals surface area contributed by atoms with E-state index in [1.165, 1.54) is 26.8 Å². The first-order valence-corrected chi connectivity index (χ1v) is 9.19. The van der Waals surface area contributed by atoms with Gasteiger partial charge in [-0.25, -0.2) is 0 Å². The molecule has 25 heavy (non-hydrogen) atoms. The topological polar surface area (TPSA) is 15.3 Å². The number of hydrogen-bond donors (Lipinski definition) is 1. The van der Waals surface area contributed by atoms with E-state index in [9.17, 15) is 0 Å². The molecule has 3 aromatic rings. The summed E-state index contributed by atoms with van der Waals surface area (Å²) in [5.74, 6) is 0. The quantitative estimate of drug-likeness (QED) is 0.668. The van der Waals surface area contributed by atoms with E-state index in [-0.39, 0.29) is 24.8 Å². The van der Waals surface area contributed by atoms with Gasteiger partial charge in [-0.2, -0.15) is 0 Å². The third-order valence-electron chi connectivity index (χ3n) is 4.80. The molecule has 5 heteroatoms. The van der Waals surface area contributed by atoms with Gasteiger partial charge in [0, 0.05) is 31.1 Å². The van der Waals surface area contributed by atoms with E-state index >= 15 is 0 Å². The van der Waals surface area contributed by atoms with Gasteiger partial charge in [-0.3, -0.25) is 4.90 Å². The molecule has 0 aliphatic carbocycles. The zero-order valence-corrected chi connectivity index (χ0v) is 16.7. The Morgan fingerprint density at radius 2 is 1.64 bits per heavy atom. The summed E-state index contributed by atoms with van der Waals surface area (Å²) >= 11 is 1.87. The molecule has 134 valence electrons. The highest BCUT2D eigenvalue weighted by Crippen LogP contribution is 2.36. The van der Waals surface area contributed by atoms with Crippen molar-refractivity contribution in [1.29, 1.82) is 0 Å². The lowest BCUT2D eigenvalue weighted by molar-refractivity contribution is 0.201. The van der Waals surface area contributed by atoms with Crippen LogP contribution < -0.4 is 5.32 Å². The molecular weight excluding hydrogens is 371 g/mol. The van der Waals surface area contributed by atoms with Crippen molar-refractivity contribution in [2.75, 3.05) is 26.2 Å². The van der Waals surface area contributed by atoms with Crippen molar-refractivity contribution in [3.63, 3.8) is 0 Å². The largest absolute Gasteiger partial charge is 0.314 e. The number of nitrogens with one attached hydrogen (secondary N) is 1. The Hall–Kier alpha value is -1.10. The SMILES string of the molecule is Cc1ccc([C@H](c2cccs2)N2CCNCC2)c2ccccc12.Cl.Cl. The van der Waals surface area contributed by atoms with Crippen molar-refractivity contribution >= 4 is 46.9 Å². The number of nitrogens with zero attached hydrogens (tertiary/aromatic N) is 1.